The second-order valence-electron chi connectivity index (χ2n) is 3.90. The van der Waals surface area contributed by atoms with Crippen molar-refractivity contribution in [2.24, 2.45) is 7.05 Å². The van der Waals surface area contributed by atoms with Crippen molar-refractivity contribution in [3.05, 3.63) is 29.8 Å². The second kappa shape index (κ2) is 6.39. The first-order valence-corrected chi connectivity index (χ1v) is 6.79. The van der Waals surface area contributed by atoms with Crippen molar-refractivity contribution in [2.75, 3.05) is 12.4 Å². The molecule has 0 bridgehead atoms. The SMILES string of the molecule is Cc1ccccc1OCCCSc1nnnn1C. The smallest absolute Gasteiger partial charge is 0.209 e. The summed E-state index contributed by atoms with van der Waals surface area (Å²) in [5, 5.41) is 12.1. The zero-order valence-electron chi connectivity index (χ0n) is 10.5. The zero-order chi connectivity index (χ0) is 12.8. The molecule has 0 fully saturated rings. The average molecular weight is 264 g/mol. The topological polar surface area (TPSA) is 52.8 Å². The van der Waals surface area contributed by atoms with Crippen LogP contribution in [0.3, 0.4) is 0 Å². The molecule has 0 aliphatic heterocycles. The molecule has 6 heteroatoms. The summed E-state index contributed by atoms with van der Waals surface area (Å²) in [6, 6.07) is 8.05. The van der Waals surface area contributed by atoms with E-state index in [1.54, 1.807) is 16.4 Å². The van der Waals surface area contributed by atoms with Gasteiger partial charge in [-0.25, -0.2) is 4.68 Å². The lowest BCUT2D eigenvalue weighted by atomic mass is 10.2. The van der Waals surface area contributed by atoms with Crippen molar-refractivity contribution in [2.45, 2.75) is 18.5 Å². The van der Waals surface area contributed by atoms with E-state index >= 15 is 0 Å². The fraction of sp³-hybridized carbons (Fsp3) is 0.417. The number of aryl methyl sites for hydroxylation is 2. The van der Waals surface area contributed by atoms with E-state index in [1.165, 1.54) is 5.56 Å². The van der Waals surface area contributed by atoms with Crippen molar-refractivity contribution in [1.29, 1.82) is 0 Å². The van der Waals surface area contributed by atoms with Crippen LogP contribution in [0.5, 0.6) is 5.75 Å². The van der Waals surface area contributed by atoms with E-state index in [4.69, 9.17) is 4.74 Å². The number of benzene rings is 1. The van der Waals surface area contributed by atoms with Gasteiger partial charge in [-0.3, -0.25) is 0 Å². The number of para-hydroxylation sites is 1. The lowest BCUT2D eigenvalue weighted by Crippen LogP contribution is -2.01. The molecular weight excluding hydrogens is 248 g/mol. The van der Waals surface area contributed by atoms with E-state index in [2.05, 4.69) is 28.5 Å². The van der Waals surface area contributed by atoms with E-state index < -0.39 is 0 Å². The van der Waals surface area contributed by atoms with Gasteiger partial charge in [0.25, 0.3) is 0 Å². The number of tetrazole rings is 1. The van der Waals surface area contributed by atoms with E-state index in [0.29, 0.717) is 6.61 Å². The van der Waals surface area contributed by atoms with Gasteiger partial charge >= 0.3 is 0 Å². The Kier molecular flexibility index (Phi) is 4.58. The minimum Gasteiger partial charge on any atom is -0.493 e. The standard InChI is InChI=1S/C12H16N4OS/c1-10-6-3-4-7-11(10)17-8-5-9-18-12-13-14-15-16(12)2/h3-4,6-7H,5,8-9H2,1-2H3. The summed E-state index contributed by atoms with van der Waals surface area (Å²) < 4.78 is 7.39. The summed E-state index contributed by atoms with van der Waals surface area (Å²) in [6.45, 7) is 2.76. The molecule has 0 aliphatic rings. The molecule has 0 unspecified atom stereocenters. The third-order valence-corrected chi connectivity index (χ3v) is 3.55. The molecule has 0 saturated heterocycles. The van der Waals surface area contributed by atoms with Crippen LogP contribution < -0.4 is 4.74 Å². The van der Waals surface area contributed by atoms with Gasteiger partial charge in [0.1, 0.15) is 5.75 Å². The summed E-state index contributed by atoms with van der Waals surface area (Å²) in [6.07, 6.45) is 0.964. The molecule has 0 radical (unpaired) electrons. The summed E-state index contributed by atoms with van der Waals surface area (Å²) >= 11 is 1.64. The highest BCUT2D eigenvalue weighted by molar-refractivity contribution is 7.99. The maximum absolute atomic E-state index is 5.71. The van der Waals surface area contributed by atoms with E-state index in [-0.39, 0.29) is 0 Å². The highest BCUT2D eigenvalue weighted by Crippen LogP contribution is 2.17. The molecule has 1 aromatic heterocycles. The van der Waals surface area contributed by atoms with Crippen LogP contribution in [0.1, 0.15) is 12.0 Å². The second-order valence-corrected chi connectivity index (χ2v) is 4.96. The third kappa shape index (κ3) is 3.46. The fourth-order valence-corrected chi connectivity index (χ4v) is 2.23. The first-order chi connectivity index (χ1) is 8.77. The Morgan fingerprint density at radius 3 is 2.89 bits per heavy atom. The van der Waals surface area contributed by atoms with Gasteiger partial charge < -0.3 is 4.74 Å². The summed E-state index contributed by atoms with van der Waals surface area (Å²) in [4.78, 5) is 0. The summed E-state index contributed by atoms with van der Waals surface area (Å²) in [5.74, 6) is 1.91. The number of thioether (sulfide) groups is 1. The number of rotatable bonds is 6. The number of hydrogen-bond acceptors (Lipinski definition) is 5. The predicted molar refractivity (Wildman–Crippen MR) is 70.8 cm³/mol. The predicted octanol–water partition coefficient (Wildman–Crippen LogP) is 2.08. The van der Waals surface area contributed by atoms with E-state index in [9.17, 15) is 0 Å². The monoisotopic (exact) mass is 264 g/mol. The van der Waals surface area contributed by atoms with Crippen LogP contribution in [-0.2, 0) is 7.05 Å². The van der Waals surface area contributed by atoms with Crippen LogP contribution in [-0.4, -0.2) is 32.6 Å². The minimum atomic E-state index is 0.711. The first kappa shape index (κ1) is 12.9. The number of nitrogens with zero attached hydrogens (tertiary/aromatic N) is 4. The quantitative estimate of drug-likeness (QED) is 0.590. The first-order valence-electron chi connectivity index (χ1n) is 5.81. The molecule has 2 rings (SSSR count). The van der Waals surface area contributed by atoms with Crippen LogP contribution in [0.2, 0.25) is 0 Å². The Morgan fingerprint density at radius 1 is 1.33 bits per heavy atom. The van der Waals surface area contributed by atoms with Gasteiger partial charge in [0, 0.05) is 12.8 Å². The third-order valence-electron chi connectivity index (χ3n) is 2.45. The summed E-state index contributed by atoms with van der Waals surface area (Å²) in [5.41, 5.74) is 1.17. The lowest BCUT2D eigenvalue weighted by Gasteiger charge is -2.08. The van der Waals surface area contributed by atoms with Crippen molar-refractivity contribution in [3.8, 4) is 5.75 Å². The van der Waals surface area contributed by atoms with Crippen LogP contribution in [0.4, 0.5) is 0 Å². The van der Waals surface area contributed by atoms with E-state index in [0.717, 1.165) is 23.1 Å². The maximum Gasteiger partial charge on any atom is 0.209 e. The van der Waals surface area contributed by atoms with Gasteiger partial charge in [-0.15, -0.1) is 5.10 Å². The maximum atomic E-state index is 5.71. The Bertz CT molecular complexity index is 500. The number of ether oxygens (including phenoxy) is 1. The molecule has 0 atom stereocenters. The molecule has 0 aliphatic carbocycles. The highest BCUT2D eigenvalue weighted by Gasteiger charge is 2.02. The highest BCUT2D eigenvalue weighted by atomic mass is 32.2. The molecule has 18 heavy (non-hydrogen) atoms. The van der Waals surface area contributed by atoms with Crippen LogP contribution in [0.15, 0.2) is 29.4 Å². The molecule has 96 valence electrons. The van der Waals surface area contributed by atoms with Crippen LogP contribution in [0, 0.1) is 6.92 Å². The molecule has 0 spiro atoms. The van der Waals surface area contributed by atoms with Gasteiger partial charge in [-0.1, -0.05) is 30.0 Å². The Balaban J connectivity index is 1.68. The molecule has 1 heterocycles. The number of hydrogen-bond donors (Lipinski definition) is 0. The van der Waals surface area contributed by atoms with Gasteiger partial charge in [0.05, 0.1) is 6.61 Å². The molecule has 2 aromatic rings. The van der Waals surface area contributed by atoms with E-state index in [1.807, 2.05) is 25.2 Å². The van der Waals surface area contributed by atoms with Crippen molar-refractivity contribution in [1.82, 2.24) is 20.2 Å². The normalized spacial score (nSPS) is 10.6. The van der Waals surface area contributed by atoms with Crippen molar-refractivity contribution >= 4 is 11.8 Å². The molecule has 0 saturated carbocycles. The molecular formula is C12H16N4OS. The minimum absolute atomic E-state index is 0.711. The van der Waals surface area contributed by atoms with Crippen molar-refractivity contribution in [3.63, 3.8) is 0 Å². The Hall–Kier alpha value is -1.56. The largest absolute Gasteiger partial charge is 0.493 e. The van der Waals surface area contributed by atoms with Crippen LogP contribution in [0.25, 0.3) is 0 Å². The Labute approximate surface area is 111 Å². The molecule has 5 nitrogen and oxygen atoms in total. The zero-order valence-corrected chi connectivity index (χ0v) is 11.4. The fourth-order valence-electron chi connectivity index (χ4n) is 1.47. The van der Waals surface area contributed by atoms with Crippen molar-refractivity contribution < 1.29 is 4.74 Å². The summed E-state index contributed by atoms with van der Waals surface area (Å²) in [7, 11) is 1.84. The molecule has 1 aromatic carbocycles. The average Bonchev–Trinajstić information content (AvgIpc) is 2.77. The lowest BCUT2D eigenvalue weighted by molar-refractivity contribution is 0.316. The molecule has 0 amide bonds. The molecule has 0 N–H and O–H groups in total. The van der Waals surface area contributed by atoms with Gasteiger partial charge in [0.15, 0.2) is 0 Å². The van der Waals surface area contributed by atoms with Gasteiger partial charge in [0.2, 0.25) is 5.16 Å². The van der Waals surface area contributed by atoms with Gasteiger partial charge in [-0.05, 0) is 35.4 Å². The number of aromatic nitrogens is 4. The van der Waals surface area contributed by atoms with Crippen LogP contribution >= 0.6 is 11.8 Å². The van der Waals surface area contributed by atoms with Gasteiger partial charge in [-0.2, -0.15) is 0 Å². The Morgan fingerprint density at radius 2 is 2.17 bits per heavy atom.